The SMILES string of the molecule is CCCCC/C=C\C/C=C\CCCCCCCC(=O)OC[C@H](COP(=O)(O)OC[C@@H](O)COP(=O)(O)OC[C@@H](COC(=O)CCCCCCCCCCCCCCCCC)OC(=O)CCCCCCC/C=C\C/C=C\CCCCC)OC(=O)CCCCCCCCCCCCCCC. The van der Waals surface area contributed by atoms with Gasteiger partial charge in [-0.15, -0.1) is 0 Å². The fourth-order valence-corrected chi connectivity index (χ4v) is 12.7. The molecule has 3 N–H and O–H groups in total. The van der Waals surface area contributed by atoms with Gasteiger partial charge in [-0.25, -0.2) is 9.13 Å². The maximum absolute atomic E-state index is 13.1. The highest BCUT2D eigenvalue weighted by Gasteiger charge is 2.30. The zero-order valence-electron chi connectivity index (χ0n) is 62.7. The molecule has 5 atom stereocenters. The van der Waals surface area contributed by atoms with Crippen molar-refractivity contribution in [1.29, 1.82) is 0 Å². The van der Waals surface area contributed by atoms with Crippen molar-refractivity contribution >= 4 is 39.5 Å². The molecule has 574 valence electrons. The van der Waals surface area contributed by atoms with Crippen LogP contribution in [0.4, 0.5) is 0 Å². The minimum atomic E-state index is -4.97. The first-order chi connectivity index (χ1) is 47.7. The molecule has 0 rings (SSSR count). The van der Waals surface area contributed by atoms with E-state index in [0.717, 1.165) is 135 Å². The van der Waals surface area contributed by atoms with Crippen LogP contribution in [0, 0.1) is 0 Å². The average Bonchev–Trinajstić information content (AvgIpc) is 0.959. The Kier molecular flexibility index (Phi) is 70.2. The summed E-state index contributed by atoms with van der Waals surface area (Å²) in [5.41, 5.74) is 0. The fourth-order valence-electron chi connectivity index (χ4n) is 11.2. The van der Waals surface area contributed by atoms with Gasteiger partial charge < -0.3 is 33.8 Å². The second-order valence-corrected chi connectivity index (χ2v) is 29.9. The normalized spacial score (nSPS) is 14.2. The van der Waals surface area contributed by atoms with E-state index in [1.807, 2.05) is 0 Å². The van der Waals surface area contributed by atoms with Crippen molar-refractivity contribution in [3.8, 4) is 0 Å². The Hall–Kier alpha value is -2.98. The van der Waals surface area contributed by atoms with Gasteiger partial charge in [0.2, 0.25) is 0 Å². The van der Waals surface area contributed by atoms with E-state index in [4.69, 9.17) is 37.0 Å². The number of aliphatic hydroxyl groups excluding tert-OH is 1. The maximum Gasteiger partial charge on any atom is 0.472 e. The van der Waals surface area contributed by atoms with Crippen LogP contribution in [0.2, 0.25) is 0 Å². The Balaban J connectivity index is 5.32. The maximum atomic E-state index is 13.1. The van der Waals surface area contributed by atoms with Crippen LogP contribution in [0.5, 0.6) is 0 Å². The Morgan fingerprint density at radius 3 is 0.776 bits per heavy atom. The molecule has 0 aliphatic carbocycles. The number of hydrogen-bond acceptors (Lipinski definition) is 15. The zero-order chi connectivity index (χ0) is 71.8. The third-order valence-corrected chi connectivity index (χ3v) is 19.2. The third-order valence-electron chi connectivity index (χ3n) is 17.3. The lowest BCUT2D eigenvalue weighted by Crippen LogP contribution is -2.30. The van der Waals surface area contributed by atoms with Crippen molar-refractivity contribution < 1.29 is 80.2 Å². The number of phosphoric acid groups is 2. The average molecular weight is 1430 g/mol. The minimum absolute atomic E-state index is 0.0853. The molecule has 17 nitrogen and oxygen atoms in total. The topological polar surface area (TPSA) is 237 Å². The van der Waals surface area contributed by atoms with E-state index in [2.05, 4.69) is 76.3 Å². The first kappa shape index (κ1) is 95.0. The van der Waals surface area contributed by atoms with Gasteiger partial charge in [-0.3, -0.25) is 37.3 Å². The van der Waals surface area contributed by atoms with Crippen molar-refractivity contribution in [2.45, 2.75) is 393 Å². The van der Waals surface area contributed by atoms with Crippen LogP contribution >= 0.6 is 15.6 Å². The number of hydrogen-bond donors (Lipinski definition) is 3. The van der Waals surface area contributed by atoms with Crippen LogP contribution in [0.1, 0.15) is 374 Å². The van der Waals surface area contributed by atoms with Crippen LogP contribution in [0.3, 0.4) is 0 Å². The molecule has 0 heterocycles. The van der Waals surface area contributed by atoms with Crippen LogP contribution in [-0.2, 0) is 65.4 Å². The lowest BCUT2D eigenvalue weighted by Gasteiger charge is -2.21. The summed E-state index contributed by atoms with van der Waals surface area (Å²) in [6.07, 6.45) is 69.4. The van der Waals surface area contributed by atoms with E-state index in [-0.39, 0.29) is 25.7 Å². The van der Waals surface area contributed by atoms with Crippen molar-refractivity contribution in [3.63, 3.8) is 0 Å². The lowest BCUT2D eigenvalue weighted by molar-refractivity contribution is -0.161. The molecule has 0 saturated heterocycles. The van der Waals surface area contributed by atoms with Gasteiger partial charge in [0, 0.05) is 25.7 Å². The number of aliphatic hydroxyl groups is 1. The van der Waals surface area contributed by atoms with Gasteiger partial charge in [0.25, 0.3) is 0 Å². The Morgan fingerprint density at radius 2 is 0.500 bits per heavy atom. The van der Waals surface area contributed by atoms with Gasteiger partial charge in [-0.2, -0.15) is 0 Å². The number of rotatable bonds is 76. The summed E-state index contributed by atoms with van der Waals surface area (Å²) in [5.74, 6) is -2.16. The molecule has 2 unspecified atom stereocenters. The van der Waals surface area contributed by atoms with Crippen molar-refractivity contribution in [2.75, 3.05) is 39.6 Å². The highest BCUT2D eigenvalue weighted by Crippen LogP contribution is 2.45. The largest absolute Gasteiger partial charge is 0.472 e. The van der Waals surface area contributed by atoms with Crippen LogP contribution in [-0.4, -0.2) is 96.7 Å². The molecule has 0 saturated carbocycles. The smallest absolute Gasteiger partial charge is 0.462 e. The number of carbonyl (C=O) groups is 4. The van der Waals surface area contributed by atoms with Gasteiger partial charge in [0.05, 0.1) is 26.4 Å². The van der Waals surface area contributed by atoms with E-state index in [0.29, 0.717) is 25.7 Å². The summed E-state index contributed by atoms with van der Waals surface area (Å²) >= 11 is 0. The number of phosphoric ester groups is 2. The Labute approximate surface area is 597 Å². The summed E-state index contributed by atoms with van der Waals surface area (Å²) in [7, 11) is -9.94. The standard InChI is InChI=1S/C79H146O17P2/c1-5-9-13-17-21-25-29-33-36-40-43-47-51-55-59-63-76(81)89-69-74(95-78(83)65-61-57-53-49-45-39-32-28-24-20-16-12-8-4)71-93-97(85,86)91-67-73(80)68-92-98(87,88)94-72-75(96-79(84)66-62-58-54-50-46-42-38-35-31-27-23-19-15-11-7-3)70-90-77(82)64-60-56-52-48-44-41-37-34-30-26-22-18-14-10-6-2/h21,23,25,27,33,35-36,38,73-75,80H,5-20,22,24,26,28-32,34,37,39-72H2,1-4H3,(H,85,86)(H,87,88)/b25-21-,27-23-,36-33-,38-35-/t73-,74-,75-/m1/s1. The number of esters is 4. The van der Waals surface area contributed by atoms with Crippen molar-refractivity contribution in [3.05, 3.63) is 48.6 Å². The Bertz CT molecular complexity index is 2050. The summed E-state index contributed by atoms with van der Waals surface area (Å²) in [6.45, 7) is 4.87. The molecule has 0 aliphatic heterocycles. The molecule has 0 aromatic carbocycles. The molecule has 0 aromatic rings. The number of carbonyl (C=O) groups excluding carboxylic acids is 4. The third kappa shape index (κ3) is 71.4. The van der Waals surface area contributed by atoms with Gasteiger partial charge in [0.1, 0.15) is 19.3 Å². The van der Waals surface area contributed by atoms with E-state index < -0.39 is 97.5 Å². The van der Waals surface area contributed by atoms with E-state index >= 15 is 0 Å². The van der Waals surface area contributed by atoms with Gasteiger partial charge in [0.15, 0.2) is 12.2 Å². The van der Waals surface area contributed by atoms with Crippen LogP contribution in [0.15, 0.2) is 48.6 Å². The molecule has 0 amide bonds. The highest BCUT2D eigenvalue weighted by atomic mass is 31.2. The van der Waals surface area contributed by atoms with Crippen molar-refractivity contribution in [2.24, 2.45) is 0 Å². The molecule has 0 fully saturated rings. The predicted octanol–water partition coefficient (Wildman–Crippen LogP) is 22.9. The summed E-state index contributed by atoms with van der Waals surface area (Å²) in [4.78, 5) is 72.9. The number of ether oxygens (including phenoxy) is 4. The van der Waals surface area contributed by atoms with Gasteiger partial charge in [-0.05, 0) is 89.9 Å². The van der Waals surface area contributed by atoms with E-state index in [9.17, 15) is 43.2 Å². The van der Waals surface area contributed by atoms with Gasteiger partial charge in [-0.1, -0.05) is 307 Å². The first-order valence-electron chi connectivity index (χ1n) is 39.9. The summed E-state index contributed by atoms with van der Waals surface area (Å²) < 4.78 is 68.6. The summed E-state index contributed by atoms with van der Waals surface area (Å²) in [6, 6.07) is 0. The number of allylic oxidation sites excluding steroid dienone is 8. The molecular formula is C79H146O17P2. The summed E-state index contributed by atoms with van der Waals surface area (Å²) in [5, 5.41) is 10.6. The van der Waals surface area contributed by atoms with Crippen molar-refractivity contribution in [1.82, 2.24) is 0 Å². The number of unbranched alkanes of at least 4 members (excludes halogenated alkanes) is 42. The fraction of sp³-hybridized carbons (Fsp3) is 0.848. The molecule has 0 radical (unpaired) electrons. The molecular weight excluding hydrogens is 1280 g/mol. The molecule has 0 aromatic heterocycles. The molecule has 0 bridgehead atoms. The van der Waals surface area contributed by atoms with E-state index in [1.54, 1.807) is 0 Å². The highest BCUT2D eigenvalue weighted by molar-refractivity contribution is 7.47. The molecule has 98 heavy (non-hydrogen) atoms. The van der Waals surface area contributed by atoms with Crippen LogP contribution < -0.4 is 0 Å². The second kappa shape index (κ2) is 72.4. The predicted molar refractivity (Wildman–Crippen MR) is 400 cm³/mol. The van der Waals surface area contributed by atoms with Gasteiger partial charge >= 0.3 is 39.5 Å². The molecule has 0 spiro atoms. The first-order valence-corrected chi connectivity index (χ1v) is 42.9. The second-order valence-electron chi connectivity index (χ2n) is 27.0. The molecule has 19 heteroatoms. The lowest BCUT2D eigenvalue weighted by atomic mass is 10.0. The Morgan fingerprint density at radius 1 is 0.286 bits per heavy atom. The zero-order valence-corrected chi connectivity index (χ0v) is 64.5. The van der Waals surface area contributed by atoms with Crippen LogP contribution in [0.25, 0.3) is 0 Å². The monoisotopic (exact) mass is 1430 g/mol. The quantitative estimate of drug-likeness (QED) is 0.0169. The van der Waals surface area contributed by atoms with E-state index in [1.165, 1.54) is 161 Å². The minimum Gasteiger partial charge on any atom is -0.462 e. The molecule has 0 aliphatic rings.